The minimum atomic E-state index is -0.410. The van der Waals surface area contributed by atoms with E-state index in [2.05, 4.69) is 11.9 Å². The molecule has 2 atom stereocenters. The maximum atomic E-state index is 11.6. The summed E-state index contributed by atoms with van der Waals surface area (Å²) in [6.45, 7) is 2.10. The molecule has 2 heterocycles. The molecule has 0 aromatic carbocycles. The molecule has 1 aliphatic heterocycles. The van der Waals surface area contributed by atoms with E-state index in [0.29, 0.717) is 5.25 Å². The Kier molecular flexibility index (Phi) is 2.93. The highest BCUT2D eigenvalue weighted by Crippen LogP contribution is 2.32. The van der Waals surface area contributed by atoms with Crippen LogP contribution in [0.2, 0.25) is 5.15 Å². The van der Waals surface area contributed by atoms with Gasteiger partial charge < -0.3 is 0 Å². The SMILES string of the molecule is CC1CC(n2c(=O)cc(Cl)[nH]c2=O)CS1. The van der Waals surface area contributed by atoms with Crippen molar-refractivity contribution in [3.63, 3.8) is 0 Å². The summed E-state index contributed by atoms with van der Waals surface area (Å²) in [7, 11) is 0. The van der Waals surface area contributed by atoms with Crippen molar-refractivity contribution in [3.8, 4) is 0 Å². The van der Waals surface area contributed by atoms with Gasteiger partial charge in [0.25, 0.3) is 5.56 Å². The van der Waals surface area contributed by atoms with E-state index in [9.17, 15) is 9.59 Å². The molecular formula is C9H11ClN2O2S. The van der Waals surface area contributed by atoms with Crippen LogP contribution in [0.1, 0.15) is 19.4 Å². The summed E-state index contributed by atoms with van der Waals surface area (Å²) in [4.78, 5) is 25.6. The van der Waals surface area contributed by atoms with Gasteiger partial charge in [0.15, 0.2) is 0 Å². The zero-order valence-electron chi connectivity index (χ0n) is 8.20. The number of rotatable bonds is 1. The van der Waals surface area contributed by atoms with Crippen LogP contribution in [0.25, 0.3) is 0 Å². The second-order valence-corrected chi connectivity index (χ2v) is 5.54. The van der Waals surface area contributed by atoms with Gasteiger partial charge in [-0.1, -0.05) is 18.5 Å². The van der Waals surface area contributed by atoms with E-state index < -0.39 is 5.69 Å². The predicted molar refractivity (Wildman–Crippen MR) is 61.9 cm³/mol. The number of H-pyrrole nitrogens is 1. The molecule has 0 amide bonds. The fraction of sp³-hybridized carbons (Fsp3) is 0.556. The van der Waals surface area contributed by atoms with Crippen LogP contribution in [0, 0.1) is 0 Å². The zero-order valence-corrected chi connectivity index (χ0v) is 9.77. The third-order valence-corrected chi connectivity index (χ3v) is 4.02. The molecule has 82 valence electrons. The Balaban J connectivity index is 2.45. The highest BCUT2D eigenvalue weighted by Gasteiger charge is 2.25. The highest BCUT2D eigenvalue weighted by molar-refractivity contribution is 8.00. The molecule has 0 saturated carbocycles. The lowest BCUT2D eigenvalue weighted by molar-refractivity contribution is 0.496. The van der Waals surface area contributed by atoms with E-state index in [4.69, 9.17) is 11.6 Å². The molecule has 0 radical (unpaired) electrons. The summed E-state index contributed by atoms with van der Waals surface area (Å²) in [5.74, 6) is 0.811. The third kappa shape index (κ3) is 2.13. The average molecular weight is 247 g/mol. The van der Waals surface area contributed by atoms with Crippen molar-refractivity contribution >= 4 is 23.4 Å². The molecule has 1 aromatic rings. The molecule has 2 rings (SSSR count). The van der Waals surface area contributed by atoms with Gasteiger partial charge >= 0.3 is 5.69 Å². The number of hydrogen-bond donors (Lipinski definition) is 1. The van der Waals surface area contributed by atoms with Gasteiger partial charge in [-0.3, -0.25) is 14.3 Å². The van der Waals surface area contributed by atoms with Gasteiger partial charge in [0.05, 0.1) is 6.04 Å². The first-order chi connectivity index (χ1) is 7.08. The summed E-state index contributed by atoms with van der Waals surface area (Å²) in [6, 6.07) is 1.25. The number of hydrogen-bond acceptors (Lipinski definition) is 3. The van der Waals surface area contributed by atoms with Crippen molar-refractivity contribution < 1.29 is 0 Å². The molecule has 1 saturated heterocycles. The van der Waals surface area contributed by atoms with Crippen LogP contribution >= 0.6 is 23.4 Å². The van der Waals surface area contributed by atoms with Gasteiger partial charge in [0.1, 0.15) is 5.15 Å². The van der Waals surface area contributed by atoms with E-state index >= 15 is 0 Å². The van der Waals surface area contributed by atoms with Crippen molar-refractivity contribution in [1.29, 1.82) is 0 Å². The first-order valence-corrected chi connectivity index (χ1v) is 6.13. The second kappa shape index (κ2) is 4.06. The number of thioether (sulfide) groups is 1. The van der Waals surface area contributed by atoms with Crippen molar-refractivity contribution in [2.45, 2.75) is 24.6 Å². The van der Waals surface area contributed by atoms with Crippen LogP contribution in [-0.4, -0.2) is 20.6 Å². The highest BCUT2D eigenvalue weighted by atomic mass is 35.5. The smallest absolute Gasteiger partial charge is 0.298 e. The van der Waals surface area contributed by atoms with Gasteiger partial charge in [-0.2, -0.15) is 11.8 Å². The molecule has 6 heteroatoms. The standard InChI is InChI=1S/C9H11ClN2O2S/c1-5-2-6(4-15-5)12-8(13)3-7(10)11-9(12)14/h3,5-6H,2,4H2,1H3,(H,11,14). The largest absolute Gasteiger partial charge is 0.329 e. The van der Waals surface area contributed by atoms with E-state index in [1.807, 2.05) is 0 Å². The van der Waals surface area contributed by atoms with Crippen LogP contribution in [-0.2, 0) is 0 Å². The Bertz CT molecular complexity index is 450. The van der Waals surface area contributed by atoms with Crippen molar-refractivity contribution in [2.24, 2.45) is 0 Å². The van der Waals surface area contributed by atoms with Crippen molar-refractivity contribution in [1.82, 2.24) is 9.55 Å². The molecule has 1 aromatic heterocycles. The second-order valence-electron chi connectivity index (χ2n) is 3.66. The lowest BCUT2D eigenvalue weighted by Gasteiger charge is -2.10. The fourth-order valence-corrected chi connectivity index (χ4v) is 3.17. The molecule has 0 bridgehead atoms. The first-order valence-electron chi connectivity index (χ1n) is 4.71. The van der Waals surface area contributed by atoms with Gasteiger partial charge in [-0.15, -0.1) is 0 Å². The minimum absolute atomic E-state index is 0.00137. The zero-order chi connectivity index (χ0) is 11.0. The number of halogens is 1. The number of nitrogens with one attached hydrogen (secondary N) is 1. The topological polar surface area (TPSA) is 54.9 Å². The van der Waals surface area contributed by atoms with Gasteiger partial charge in [-0.25, -0.2) is 4.79 Å². The van der Waals surface area contributed by atoms with Crippen LogP contribution in [0.5, 0.6) is 0 Å². The van der Waals surface area contributed by atoms with Crippen molar-refractivity contribution in [3.05, 3.63) is 32.1 Å². The number of aromatic amines is 1. The van der Waals surface area contributed by atoms with Crippen LogP contribution in [0.4, 0.5) is 0 Å². The number of aromatic nitrogens is 2. The van der Waals surface area contributed by atoms with Crippen LogP contribution < -0.4 is 11.2 Å². The Morgan fingerprint density at radius 1 is 1.60 bits per heavy atom. The Labute approximate surface area is 95.6 Å². The summed E-state index contributed by atoms with van der Waals surface area (Å²) >= 11 is 7.36. The van der Waals surface area contributed by atoms with E-state index in [1.165, 1.54) is 10.6 Å². The van der Waals surface area contributed by atoms with Gasteiger partial charge in [-0.05, 0) is 6.42 Å². The monoisotopic (exact) mass is 246 g/mol. The molecule has 1 fully saturated rings. The molecule has 2 unspecified atom stereocenters. The quantitative estimate of drug-likeness (QED) is 0.759. The Hall–Kier alpha value is -0.680. The van der Waals surface area contributed by atoms with E-state index in [-0.39, 0.29) is 16.8 Å². The van der Waals surface area contributed by atoms with E-state index in [1.54, 1.807) is 11.8 Å². The fourth-order valence-electron chi connectivity index (χ4n) is 1.80. The lowest BCUT2D eigenvalue weighted by Crippen LogP contribution is -2.37. The molecule has 1 aliphatic rings. The third-order valence-electron chi connectivity index (χ3n) is 2.48. The molecule has 0 spiro atoms. The minimum Gasteiger partial charge on any atom is -0.298 e. The predicted octanol–water partition coefficient (Wildman–Crippen LogP) is 1.26. The lowest BCUT2D eigenvalue weighted by atomic mass is 10.2. The molecule has 4 nitrogen and oxygen atoms in total. The summed E-state index contributed by atoms with van der Waals surface area (Å²) in [5.41, 5.74) is -0.726. The first kappa shape index (κ1) is 10.8. The van der Waals surface area contributed by atoms with E-state index in [0.717, 1.165) is 12.2 Å². The van der Waals surface area contributed by atoms with Crippen LogP contribution in [0.15, 0.2) is 15.7 Å². The summed E-state index contributed by atoms with van der Waals surface area (Å²) in [6.07, 6.45) is 0.856. The molecule has 0 aliphatic carbocycles. The number of nitrogens with zero attached hydrogens (tertiary/aromatic N) is 1. The summed E-state index contributed by atoms with van der Waals surface area (Å²) in [5, 5.41) is 0.594. The van der Waals surface area contributed by atoms with Crippen LogP contribution in [0.3, 0.4) is 0 Å². The van der Waals surface area contributed by atoms with Crippen molar-refractivity contribution in [2.75, 3.05) is 5.75 Å². The normalized spacial score (nSPS) is 25.7. The Morgan fingerprint density at radius 2 is 2.33 bits per heavy atom. The molecule has 1 N–H and O–H groups in total. The average Bonchev–Trinajstić information content (AvgIpc) is 2.49. The maximum absolute atomic E-state index is 11.6. The van der Waals surface area contributed by atoms with Gasteiger partial charge in [0.2, 0.25) is 0 Å². The molecule has 15 heavy (non-hydrogen) atoms. The molecular weight excluding hydrogens is 236 g/mol. The Morgan fingerprint density at radius 3 is 2.87 bits per heavy atom. The maximum Gasteiger partial charge on any atom is 0.329 e. The van der Waals surface area contributed by atoms with Gasteiger partial charge in [0, 0.05) is 17.1 Å². The summed E-state index contributed by atoms with van der Waals surface area (Å²) < 4.78 is 1.27.